The molecule has 0 aliphatic carbocycles. The highest BCUT2D eigenvalue weighted by Crippen LogP contribution is 2.33. The van der Waals surface area contributed by atoms with E-state index in [9.17, 15) is 0 Å². The summed E-state index contributed by atoms with van der Waals surface area (Å²) in [7, 11) is 0. The van der Waals surface area contributed by atoms with Crippen molar-refractivity contribution < 1.29 is 0 Å². The van der Waals surface area contributed by atoms with Crippen molar-refractivity contribution in [2.24, 2.45) is 0 Å². The zero-order chi connectivity index (χ0) is 30.3. The summed E-state index contributed by atoms with van der Waals surface area (Å²) in [6, 6.07) is 26.0. The van der Waals surface area contributed by atoms with E-state index in [1.165, 1.54) is 5.56 Å². The molecule has 0 bridgehead atoms. The normalized spacial score (nSPS) is 14.0. The molecular weight excluding hydrogens is 548 g/mol. The second kappa shape index (κ2) is 13.1. The van der Waals surface area contributed by atoms with Crippen LogP contribution >= 0.6 is 0 Å². The maximum atomic E-state index is 9.05. The predicted molar refractivity (Wildman–Crippen MR) is 173 cm³/mol. The molecule has 1 aliphatic heterocycles. The molecule has 1 aliphatic rings. The SMILES string of the molecule is N#Cc1nccc(NC2CCN(Cc3ccc(-c4nc(/C=C\C(=N)c5ccccc5)[nH]c4-c4cccnc4N)cc3)CC2)n1. The Hall–Kier alpha value is -5.66. The van der Waals surface area contributed by atoms with Crippen LogP contribution in [0.3, 0.4) is 0 Å². The summed E-state index contributed by atoms with van der Waals surface area (Å²) in [5, 5.41) is 20.9. The van der Waals surface area contributed by atoms with Gasteiger partial charge in [0.25, 0.3) is 0 Å². The Morgan fingerprint density at radius 3 is 2.55 bits per heavy atom. The molecule has 0 radical (unpaired) electrons. The van der Waals surface area contributed by atoms with Crippen molar-refractivity contribution >= 4 is 23.4 Å². The van der Waals surface area contributed by atoms with Gasteiger partial charge in [-0.25, -0.2) is 19.9 Å². The lowest BCUT2D eigenvalue weighted by Gasteiger charge is -2.32. The Morgan fingerprint density at radius 1 is 1.00 bits per heavy atom. The largest absolute Gasteiger partial charge is 0.383 e. The molecular formula is C34H32N10. The van der Waals surface area contributed by atoms with E-state index in [1.54, 1.807) is 24.5 Å². The van der Waals surface area contributed by atoms with Crippen molar-refractivity contribution in [2.75, 3.05) is 24.1 Å². The maximum absolute atomic E-state index is 9.05. The molecule has 44 heavy (non-hydrogen) atoms. The molecule has 0 atom stereocenters. The molecule has 3 aromatic heterocycles. The minimum atomic E-state index is 0.179. The molecule has 10 heteroatoms. The molecule has 0 saturated carbocycles. The Bertz CT molecular complexity index is 1810. The van der Waals surface area contributed by atoms with Crippen LogP contribution in [0.4, 0.5) is 11.6 Å². The van der Waals surface area contributed by atoms with Gasteiger partial charge in [-0.3, -0.25) is 4.90 Å². The number of anilines is 2. The van der Waals surface area contributed by atoms with Gasteiger partial charge in [-0.1, -0.05) is 54.6 Å². The highest BCUT2D eigenvalue weighted by Gasteiger charge is 2.20. The minimum Gasteiger partial charge on any atom is -0.383 e. The summed E-state index contributed by atoms with van der Waals surface area (Å²) < 4.78 is 0. The molecule has 4 heterocycles. The average Bonchev–Trinajstić information content (AvgIpc) is 3.49. The second-order valence-corrected chi connectivity index (χ2v) is 10.7. The topological polar surface area (TPSA) is 156 Å². The molecule has 1 saturated heterocycles. The van der Waals surface area contributed by atoms with E-state index in [-0.39, 0.29) is 5.82 Å². The van der Waals surface area contributed by atoms with Gasteiger partial charge in [0.05, 0.1) is 17.1 Å². The fourth-order valence-electron chi connectivity index (χ4n) is 5.34. The van der Waals surface area contributed by atoms with Crippen molar-refractivity contribution in [3.63, 3.8) is 0 Å². The molecule has 10 nitrogen and oxygen atoms in total. The van der Waals surface area contributed by atoms with Gasteiger partial charge in [-0.05, 0) is 54.3 Å². The van der Waals surface area contributed by atoms with Gasteiger partial charge in [0, 0.05) is 49.2 Å². The number of aromatic amines is 1. The molecule has 1 fully saturated rings. The summed E-state index contributed by atoms with van der Waals surface area (Å²) in [6.07, 6.45) is 8.82. The van der Waals surface area contributed by atoms with Crippen molar-refractivity contribution in [1.29, 1.82) is 10.7 Å². The third-order valence-electron chi connectivity index (χ3n) is 7.65. The van der Waals surface area contributed by atoms with E-state index < -0.39 is 0 Å². The fourth-order valence-corrected chi connectivity index (χ4v) is 5.34. The molecule has 2 aromatic carbocycles. The summed E-state index contributed by atoms with van der Waals surface area (Å²) in [5.74, 6) is 1.93. The van der Waals surface area contributed by atoms with Gasteiger partial charge in [-0.2, -0.15) is 5.26 Å². The van der Waals surface area contributed by atoms with Crippen LogP contribution in [-0.2, 0) is 6.54 Å². The van der Waals surface area contributed by atoms with Crippen LogP contribution in [0.2, 0.25) is 0 Å². The van der Waals surface area contributed by atoms with Crippen LogP contribution in [0, 0.1) is 16.7 Å². The zero-order valence-electron chi connectivity index (χ0n) is 24.1. The summed E-state index contributed by atoms with van der Waals surface area (Å²) in [6.45, 7) is 2.79. The van der Waals surface area contributed by atoms with Gasteiger partial charge >= 0.3 is 0 Å². The van der Waals surface area contributed by atoms with Crippen molar-refractivity contribution in [1.82, 2.24) is 29.8 Å². The molecule has 0 spiro atoms. The summed E-state index contributed by atoms with van der Waals surface area (Å²) in [4.78, 5) is 23.2. The Balaban J connectivity index is 1.15. The molecule has 218 valence electrons. The standard InChI is InChI=1S/C34H32N10/c35-21-31-38-18-14-30(41-31)40-26-15-19-44(20-16-26)22-23-8-10-25(11-9-23)32-33(27-7-4-17-39-34(27)37)43-29(42-32)13-12-28(36)24-5-2-1-3-6-24/h1-14,17-18,26,36H,15-16,19-20,22H2,(H2,37,39)(H,42,43)(H,38,40,41)/b13-12-,36-28?. The van der Waals surface area contributed by atoms with Crippen molar-refractivity contribution in [2.45, 2.75) is 25.4 Å². The Kier molecular flexibility index (Phi) is 8.48. The quantitative estimate of drug-likeness (QED) is 0.166. The first-order valence-corrected chi connectivity index (χ1v) is 14.5. The number of hydrogen-bond donors (Lipinski definition) is 4. The van der Waals surface area contributed by atoms with Crippen LogP contribution in [0.5, 0.6) is 0 Å². The number of H-pyrrole nitrogens is 1. The lowest BCUT2D eigenvalue weighted by molar-refractivity contribution is 0.211. The lowest BCUT2D eigenvalue weighted by atomic mass is 10.0. The first-order valence-electron chi connectivity index (χ1n) is 14.5. The first kappa shape index (κ1) is 28.5. The fraction of sp³-hybridized carbons (Fsp3) is 0.176. The number of imidazole rings is 1. The molecule has 6 rings (SSSR count). The number of rotatable bonds is 9. The number of nitrogens with one attached hydrogen (secondary N) is 3. The second-order valence-electron chi connectivity index (χ2n) is 10.7. The summed E-state index contributed by atoms with van der Waals surface area (Å²) >= 11 is 0. The number of likely N-dealkylation sites (tertiary alicyclic amines) is 1. The highest BCUT2D eigenvalue weighted by atomic mass is 15.1. The van der Waals surface area contributed by atoms with Crippen LogP contribution in [-0.4, -0.2) is 54.7 Å². The van der Waals surface area contributed by atoms with Gasteiger partial charge < -0.3 is 21.4 Å². The van der Waals surface area contributed by atoms with Crippen molar-refractivity contribution in [3.05, 3.63) is 114 Å². The number of piperidine rings is 1. The number of allylic oxidation sites excluding steroid dienone is 1. The van der Waals surface area contributed by atoms with Crippen LogP contribution in [0.15, 0.2) is 91.3 Å². The van der Waals surface area contributed by atoms with Crippen molar-refractivity contribution in [3.8, 4) is 28.6 Å². The predicted octanol–water partition coefficient (Wildman–Crippen LogP) is 5.54. The molecule has 5 aromatic rings. The number of benzene rings is 2. The maximum Gasteiger partial charge on any atom is 0.234 e. The van der Waals surface area contributed by atoms with E-state index in [1.807, 2.05) is 54.6 Å². The van der Waals surface area contributed by atoms with Gasteiger partial charge in [-0.15, -0.1) is 0 Å². The molecule has 5 N–H and O–H groups in total. The van der Waals surface area contributed by atoms with Crippen LogP contribution in [0.1, 0.15) is 35.6 Å². The number of hydrogen-bond acceptors (Lipinski definition) is 9. The zero-order valence-corrected chi connectivity index (χ0v) is 24.1. The third kappa shape index (κ3) is 6.69. The van der Waals surface area contributed by atoms with E-state index in [0.29, 0.717) is 29.2 Å². The average molecular weight is 581 g/mol. The number of aromatic nitrogens is 5. The van der Waals surface area contributed by atoms with Gasteiger partial charge in [0.15, 0.2) is 0 Å². The number of nitrogen functional groups attached to an aromatic ring is 1. The highest BCUT2D eigenvalue weighted by molar-refractivity contribution is 6.08. The Labute approximate surface area is 255 Å². The first-order chi connectivity index (χ1) is 21.6. The molecule has 0 unspecified atom stereocenters. The van der Waals surface area contributed by atoms with Crippen LogP contribution < -0.4 is 11.1 Å². The van der Waals surface area contributed by atoms with Gasteiger partial charge in [0.2, 0.25) is 5.82 Å². The molecule has 0 amide bonds. The third-order valence-corrected chi connectivity index (χ3v) is 7.65. The lowest BCUT2D eigenvalue weighted by Crippen LogP contribution is -2.38. The minimum absolute atomic E-state index is 0.179. The number of pyridine rings is 1. The van der Waals surface area contributed by atoms with Crippen LogP contribution in [0.25, 0.3) is 28.6 Å². The van der Waals surface area contributed by atoms with E-state index >= 15 is 0 Å². The van der Waals surface area contributed by atoms with Gasteiger partial charge in [0.1, 0.15) is 23.5 Å². The number of nitrogens with zero attached hydrogens (tertiary/aromatic N) is 6. The van der Waals surface area contributed by atoms with E-state index in [2.05, 4.69) is 54.4 Å². The number of nitriles is 1. The smallest absolute Gasteiger partial charge is 0.234 e. The number of nitrogens with two attached hydrogens (primary N) is 1. The van der Waals surface area contributed by atoms with E-state index in [4.69, 9.17) is 21.4 Å². The van der Waals surface area contributed by atoms with E-state index in [0.717, 1.165) is 60.6 Å². The Morgan fingerprint density at radius 2 is 1.80 bits per heavy atom. The summed E-state index contributed by atoms with van der Waals surface area (Å²) in [5.41, 5.74) is 12.0. The monoisotopic (exact) mass is 580 g/mol.